The summed E-state index contributed by atoms with van der Waals surface area (Å²) in [5, 5.41) is 4.53. The second-order valence-electron chi connectivity index (χ2n) is 6.69. The first kappa shape index (κ1) is 16.0. The number of aryl methyl sites for hydroxylation is 2. The number of nitrogens with zero attached hydrogens (tertiary/aromatic N) is 3. The Kier molecular flexibility index (Phi) is 3.90. The van der Waals surface area contributed by atoms with Crippen molar-refractivity contribution in [3.8, 4) is 11.5 Å². The van der Waals surface area contributed by atoms with E-state index in [4.69, 9.17) is 9.47 Å². The number of likely N-dealkylation sites (tertiary alicyclic amines) is 1. The Morgan fingerprint density at radius 3 is 2.80 bits per heavy atom. The summed E-state index contributed by atoms with van der Waals surface area (Å²) in [6.07, 6.45) is 1.96. The van der Waals surface area contributed by atoms with Gasteiger partial charge in [0, 0.05) is 24.8 Å². The Bertz CT molecular complexity index is 828. The molecule has 1 unspecified atom stereocenters. The Labute approximate surface area is 147 Å². The molecule has 2 aliphatic heterocycles. The predicted molar refractivity (Wildman–Crippen MR) is 93.1 cm³/mol. The van der Waals surface area contributed by atoms with Crippen molar-refractivity contribution < 1.29 is 14.3 Å². The van der Waals surface area contributed by atoms with Gasteiger partial charge in [-0.05, 0) is 38.8 Å². The van der Waals surface area contributed by atoms with E-state index in [1.165, 1.54) is 5.56 Å². The smallest absolute Gasteiger partial charge is 0.258 e. The number of benzene rings is 1. The Hall–Kier alpha value is -2.50. The van der Waals surface area contributed by atoms with Crippen LogP contribution in [0.25, 0.3) is 0 Å². The van der Waals surface area contributed by atoms with E-state index in [9.17, 15) is 4.79 Å². The first-order valence-electron chi connectivity index (χ1n) is 8.77. The Balaban J connectivity index is 1.70. The van der Waals surface area contributed by atoms with Crippen LogP contribution in [0.3, 0.4) is 0 Å². The molecule has 0 N–H and O–H groups in total. The summed E-state index contributed by atoms with van der Waals surface area (Å²) >= 11 is 0. The molecule has 6 heteroatoms. The van der Waals surface area contributed by atoms with Crippen LogP contribution in [0, 0.1) is 13.8 Å². The van der Waals surface area contributed by atoms with Gasteiger partial charge < -0.3 is 14.4 Å². The van der Waals surface area contributed by atoms with Crippen LogP contribution in [0.4, 0.5) is 0 Å². The summed E-state index contributed by atoms with van der Waals surface area (Å²) in [5.41, 5.74) is 3.88. The van der Waals surface area contributed by atoms with E-state index in [0.29, 0.717) is 30.3 Å². The molecule has 0 radical (unpaired) electrons. The molecule has 0 spiro atoms. The van der Waals surface area contributed by atoms with Crippen LogP contribution in [0.15, 0.2) is 18.2 Å². The van der Waals surface area contributed by atoms with Crippen LogP contribution >= 0.6 is 0 Å². The highest BCUT2D eigenvalue weighted by Gasteiger charge is 2.35. The number of rotatable bonds is 2. The monoisotopic (exact) mass is 341 g/mol. The minimum atomic E-state index is 0.00695. The molecule has 1 atom stereocenters. The molecular weight excluding hydrogens is 318 g/mol. The standard InChI is InChI=1S/C19H23N3O3/c1-12-17(13(2)21(3)20-12)15-7-5-9-22(15)19(23)14-6-4-8-16-18(14)25-11-10-24-16/h4,6,8,15H,5,7,9-11H2,1-3H3. The fraction of sp³-hybridized carbons (Fsp3) is 0.474. The normalized spacial score (nSPS) is 19.3. The van der Waals surface area contributed by atoms with Crippen molar-refractivity contribution in [2.45, 2.75) is 32.7 Å². The minimum absolute atomic E-state index is 0.00695. The maximum atomic E-state index is 13.3. The van der Waals surface area contributed by atoms with Gasteiger partial charge in [0.15, 0.2) is 11.5 Å². The number of carbonyl (C=O) groups excluding carboxylic acids is 1. The predicted octanol–water partition coefficient (Wildman–Crippen LogP) is 2.79. The van der Waals surface area contributed by atoms with Gasteiger partial charge in [-0.3, -0.25) is 9.48 Å². The van der Waals surface area contributed by atoms with Crippen LogP contribution < -0.4 is 9.47 Å². The Morgan fingerprint density at radius 2 is 2.04 bits per heavy atom. The maximum absolute atomic E-state index is 13.3. The van der Waals surface area contributed by atoms with E-state index < -0.39 is 0 Å². The Morgan fingerprint density at radius 1 is 1.24 bits per heavy atom. The van der Waals surface area contributed by atoms with Crippen LogP contribution in [0.2, 0.25) is 0 Å². The fourth-order valence-corrected chi connectivity index (χ4v) is 3.98. The molecule has 1 aromatic carbocycles. The molecule has 1 fully saturated rings. The van der Waals surface area contributed by atoms with Crippen molar-refractivity contribution in [3.05, 3.63) is 40.7 Å². The fourth-order valence-electron chi connectivity index (χ4n) is 3.98. The van der Waals surface area contributed by atoms with E-state index in [1.54, 1.807) is 0 Å². The van der Waals surface area contributed by atoms with Crippen molar-refractivity contribution >= 4 is 5.91 Å². The number of hydrogen-bond acceptors (Lipinski definition) is 4. The molecule has 2 aromatic rings. The summed E-state index contributed by atoms with van der Waals surface area (Å²) in [4.78, 5) is 15.3. The number of amides is 1. The molecule has 2 aliphatic rings. The number of carbonyl (C=O) groups is 1. The lowest BCUT2D eigenvalue weighted by Gasteiger charge is -2.27. The van der Waals surface area contributed by atoms with Crippen molar-refractivity contribution in [1.29, 1.82) is 0 Å². The van der Waals surface area contributed by atoms with Gasteiger partial charge in [-0.1, -0.05) is 6.07 Å². The molecule has 0 aliphatic carbocycles. The third-order valence-corrected chi connectivity index (χ3v) is 5.21. The zero-order chi connectivity index (χ0) is 17.6. The number of ether oxygens (including phenoxy) is 2. The second kappa shape index (κ2) is 6.10. The molecule has 1 saturated heterocycles. The van der Waals surface area contributed by atoms with Gasteiger partial charge in [-0.2, -0.15) is 5.10 Å². The van der Waals surface area contributed by atoms with Crippen molar-refractivity contribution in [3.63, 3.8) is 0 Å². The van der Waals surface area contributed by atoms with Gasteiger partial charge in [-0.15, -0.1) is 0 Å². The van der Waals surface area contributed by atoms with Gasteiger partial charge in [0.2, 0.25) is 0 Å². The van der Waals surface area contributed by atoms with E-state index in [0.717, 1.165) is 30.8 Å². The largest absolute Gasteiger partial charge is 0.486 e. The van der Waals surface area contributed by atoms with Gasteiger partial charge in [0.25, 0.3) is 5.91 Å². The second-order valence-corrected chi connectivity index (χ2v) is 6.69. The van der Waals surface area contributed by atoms with E-state index in [1.807, 2.05) is 41.8 Å². The van der Waals surface area contributed by atoms with Gasteiger partial charge in [0.1, 0.15) is 13.2 Å². The van der Waals surface area contributed by atoms with Crippen molar-refractivity contribution in [2.75, 3.05) is 19.8 Å². The molecule has 1 aromatic heterocycles. The number of fused-ring (bicyclic) bond motifs is 1. The van der Waals surface area contributed by atoms with Crippen LogP contribution in [0.1, 0.15) is 46.2 Å². The molecular formula is C19H23N3O3. The third kappa shape index (κ3) is 2.56. The van der Waals surface area contributed by atoms with E-state index in [2.05, 4.69) is 12.0 Å². The zero-order valence-electron chi connectivity index (χ0n) is 14.9. The zero-order valence-corrected chi connectivity index (χ0v) is 14.9. The van der Waals surface area contributed by atoms with Gasteiger partial charge in [0.05, 0.1) is 17.3 Å². The average Bonchev–Trinajstić information content (AvgIpc) is 3.18. The summed E-state index contributed by atoms with van der Waals surface area (Å²) < 4.78 is 13.3. The minimum Gasteiger partial charge on any atom is -0.486 e. The number of aromatic nitrogens is 2. The average molecular weight is 341 g/mol. The van der Waals surface area contributed by atoms with Crippen LogP contribution in [-0.4, -0.2) is 40.3 Å². The number of hydrogen-bond donors (Lipinski definition) is 0. The topological polar surface area (TPSA) is 56.6 Å². The van der Waals surface area contributed by atoms with Crippen molar-refractivity contribution in [1.82, 2.24) is 14.7 Å². The molecule has 0 bridgehead atoms. The molecule has 25 heavy (non-hydrogen) atoms. The lowest BCUT2D eigenvalue weighted by molar-refractivity contribution is 0.0724. The molecule has 4 rings (SSSR count). The lowest BCUT2D eigenvalue weighted by Crippen LogP contribution is -2.32. The first-order chi connectivity index (χ1) is 12.1. The highest BCUT2D eigenvalue weighted by atomic mass is 16.6. The van der Waals surface area contributed by atoms with Gasteiger partial charge in [-0.25, -0.2) is 0 Å². The van der Waals surface area contributed by atoms with Crippen molar-refractivity contribution in [2.24, 2.45) is 7.05 Å². The van der Waals surface area contributed by atoms with Crippen LogP contribution in [-0.2, 0) is 7.05 Å². The summed E-state index contributed by atoms with van der Waals surface area (Å²) in [6, 6.07) is 5.60. The maximum Gasteiger partial charge on any atom is 0.258 e. The van der Waals surface area contributed by atoms with Gasteiger partial charge >= 0.3 is 0 Å². The number of para-hydroxylation sites is 1. The third-order valence-electron chi connectivity index (χ3n) is 5.21. The van der Waals surface area contributed by atoms with E-state index in [-0.39, 0.29) is 11.9 Å². The summed E-state index contributed by atoms with van der Waals surface area (Å²) in [6.45, 7) is 5.83. The van der Waals surface area contributed by atoms with E-state index >= 15 is 0 Å². The highest BCUT2D eigenvalue weighted by Crippen LogP contribution is 2.39. The first-order valence-corrected chi connectivity index (χ1v) is 8.77. The van der Waals surface area contributed by atoms with Crippen LogP contribution in [0.5, 0.6) is 11.5 Å². The summed E-state index contributed by atoms with van der Waals surface area (Å²) in [5.74, 6) is 1.23. The molecule has 0 saturated carbocycles. The molecule has 6 nitrogen and oxygen atoms in total. The molecule has 3 heterocycles. The SMILES string of the molecule is Cc1nn(C)c(C)c1C1CCCN1C(=O)c1cccc2c1OCCO2. The quantitative estimate of drug-likeness (QED) is 0.843. The highest BCUT2D eigenvalue weighted by molar-refractivity contribution is 5.98. The lowest BCUT2D eigenvalue weighted by atomic mass is 10.0. The molecule has 132 valence electrons. The summed E-state index contributed by atoms with van der Waals surface area (Å²) in [7, 11) is 1.95. The molecule has 1 amide bonds.